The number of sulfonamides is 1. The predicted molar refractivity (Wildman–Crippen MR) is 119 cm³/mol. The quantitative estimate of drug-likeness (QED) is 0.632. The third-order valence-electron chi connectivity index (χ3n) is 5.45. The maximum atomic E-state index is 12.8. The molecule has 1 heterocycles. The van der Waals surface area contributed by atoms with Gasteiger partial charge < -0.3 is 10.1 Å². The van der Waals surface area contributed by atoms with Gasteiger partial charge in [-0.2, -0.15) is 0 Å². The molecule has 0 aliphatic carbocycles. The summed E-state index contributed by atoms with van der Waals surface area (Å²) >= 11 is 0. The van der Waals surface area contributed by atoms with Crippen molar-refractivity contribution >= 4 is 27.6 Å². The molecular weight excluding hydrogens is 416 g/mol. The van der Waals surface area contributed by atoms with E-state index >= 15 is 0 Å². The molecule has 8 heteroatoms. The number of nitrogens with zero attached hydrogens (tertiary/aromatic N) is 1. The van der Waals surface area contributed by atoms with Crippen LogP contribution in [0.25, 0.3) is 0 Å². The highest BCUT2D eigenvalue weighted by Crippen LogP contribution is 2.23. The van der Waals surface area contributed by atoms with Crippen LogP contribution in [-0.2, 0) is 26.0 Å². The molecule has 0 saturated carbocycles. The van der Waals surface area contributed by atoms with Gasteiger partial charge in [-0.1, -0.05) is 42.5 Å². The van der Waals surface area contributed by atoms with Crippen LogP contribution in [0, 0.1) is 5.92 Å². The van der Waals surface area contributed by atoms with Crippen LogP contribution in [0.3, 0.4) is 0 Å². The Morgan fingerprint density at radius 2 is 1.81 bits per heavy atom. The number of carbonyl (C=O) groups excluding carboxylic acids is 2. The normalized spacial score (nSPS) is 17.1. The van der Waals surface area contributed by atoms with Crippen LogP contribution in [0.1, 0.15) is 35.2 Å². The largest absolute Gasteiger partial charge is 0.465 e. The molecule has 1 aliphatic heterocycles. The van der Waals surface area contributed by atoms with Crippen molar-refractivity contribution in [2.75, 3.05) is 31.3 Å². The number of amides is 1. The molecule has 0 unspecified atom stereocenters. The Labute approximate surface area is 183 Å². The minimum atomic E-state index is -3.44. The van der Waals surface area contributed by atoms with E-state index in [1.807, 2.05) is 30.3 Å². The van der Waals surface area contributed by atoms with Crippen molar-refractivity contribution in [1.29, 1.82) is 0 Å². The van der Waals surface area contributed by atoms with E-state index in [4.69, 9.17) is 4.74 Å². The van der Waals surface area contributed by atoms with Crippen LogP contribution in [-0.4, -0.2) is 50.6 Å². The zero-order valence-corrected chi connectivity index (χ0v) is 18.4. The van der Waals surface area contributed by atoms with Gasteiger partial charge in [-0.25, -0.2) is 17.5 Å². The number of esters is 1. The number of hydrogen-bond donors (Lipinski definition) is 1. The minimum Gasteiger partial charge on any atom is -0.465 e. The third kappa shape index (κ3) is 6.15. The van der Waals surface area contributed by atoms with Crippen LogP contribution >= 0.6 is 0 Å². The predicted octanol–water partition coefficient (Wildman–Crippen LogP) is 3.09. The SMILES string of the molecule is COC(=O)c1ccccc1NC(=O)[C@H]1CCCN(S(=O)(=O)CCCc2ccccc2)C1. The first-order chi connectivity index (χ1) is 14.9. The van der Waals surface area contributed by atoms with Crippen LogP contribution in [0.5, 0.6) is 0 Å². The first kappa shape index (κ1) is 23.0. The highest BCUT2D eigenvalue weighted by Gasteiger charge is 2.32. The summed E-state index contributed by atoms with van der Waals surface area (Å²) in [7, 11) is -2.16. The average Bonchev–Trinajstić information content (AvgIpc) is 2.79. The molecular formula is C23H28N2O5S. The highest BCUT2D eigenvalue weighted by molar-refractivity contribution is 7.89. The van der Waals surface area contributed by atoms with E-state index in [0.717, 1.165) is 5.56 Å². The molecule has 1 amide bonds. The average molecular weight is 445 g/mol. The van der Waals surface area contributed by atoms with Crippen LogP contribution in [0.4, 0.5) is 5.69 Å². The number of anilines is 1. The molecule has 166 valence electrons. The van der Waals surface area contributed by atoms with Gasteiger partial charge in [0.05, 0.1) is 30.0 Å². The Morgan fingerprint density at radius 1 is 1.10 bits per heavy atom. The lowest BCUT2D eigenvalue weighted by Gasteiger charge is -2.31. The number of rotatable bonds is 8. The summed E-state index contributed by atoms with van der Waals surface area (Å²) in [6, 6.07) is 16.4. The zero-order valence-electron chi connectivity index (χ0n) is 17.6. The molecule has 0 radical (unpaired) electrons. The molecule has 31 heavy (non-hydrogen) atoms. The minimum absolute atomic E-state index is 0.0570. The number of methoxy groups -OCH3 is 1. The topological polar surface area (TPSA) is 92.8 Å². The van der Waals surface area contributed by atoms with Gasteiger partial charge in [0.2, 0.25) is 15.9 Å². The van der Waals surface area contributed by atoms with E-state index in [9.17, 15) is 18.0 Å². The first-order valence-electron chi connectivity index (χ1n) is 10.4. The second kappa shape index (κ2) is 10.5. The summed E-state index contributed by atoms with van der Waals surface area (Å²) in [4.78, 5) is 24.7. The van der Waals surface area contributed by atoms with E-state index < -0.39 is 21.9 Å². The van der Waals surface area contributed by atoms with Gasteiger partial charge >= 0.3 is 5.97 Å². The number of benzene rings is 2. The van der Waals surface area contributed by atoms with E-state index in [2.05, 4.69) is 5.32 Å². The molecule has 1 N–H and O–H groups in total. The Hall–Kier alpha value is -2.71. The van der Waals surface area contributed by atoms with Crippen molar-refractivity contribution in [3.8, 4) is 0 Å². The molecule has 1 fully saturated rings. The third-order valence-corrected chi connectivity index (χ3v) is 7.37. The number of piperidine rings is 1. The molecule has 1 atom stereocenters. The van der Waals surface area contributed by atoms with Crippen molar-refractivity contribution in [2.24, 2.45) is 5.92 Å². The summed E-state index contributed by atoms with van der Waals surface area (Å²) in [5.41, 5.74) is 1.74. The van der Waals surface area contributed by atoms with Crippen molar-refractivity contribution < 1.29 is 22.7 Å². The first-order valence-corrected chi connectivity index (χ1v) is 12.0. The van der Waals surface area contributed by atoms with Crippen molar-refractivity contribution in [3.63, 3.8) is 0 Å². The van der Waals surface area contributed by atoms with Crippen molar-refractivity contribution in [2.45, 2.75) is 25.7 Å². The fourth-order valence-electron chi connectivity index (χ4n) is 3.76. The monoisotopic (exact) mass is 444 g/mol. The maximum Gasteiger partial charge on any atom is 0.339 e. The van der Waals surface area contributed by atoms with Gasteiger partial charge in [-0.15, -0.1) is 0 Å². The Balaban J connectivity index is 1.59. The Morgan fingerprint density at radius 3 is 2.55 bits per heavy atom. The molecule has 0 bridgehead atoms. The summed E-state index contributed by atoms with van der Waals surface area (Å²) in [6.07, 6.45) is 2.45. The van der Waals surface area contributed by atoms with Crippen molar-refractivity contribution in [3.05, 3.63) is 65.7 Å². The van der Waals surface area contributed by atoms with E-state index in [0.29, 0.717) is 37.9 Å². The van der Waals surface area contributed by atoms with Gasteiger partial charge in [0.1, 0.15) is 0 Å². The second-order valence-corrected chi connectivity index (χ2v) is 9.72. The lowest BCUT2D eigenvalue weighted by molar-refractivity contribution is -0.120. The van der Waals surface area contributed by atoms with Gasteiger partial charge in [0, 0.05) is 13.1 Å². The number of para-hydroxylation sites is 1. The number of nitrogens with one attached hydrogen (secondary N) is 1. The molecule has 1 saturated heterocycles. The fraction of sp³-hybridized carbons (Fsp3) is 0.391. The molecule has 0 aromatic heterocycles. The van der Waals surface area contributed by atoms with E-state index in [1.165, 1.54) is 11.4 Å². The number of aryl methyl sites for hydroxylation is 1. The van der Waals surface area contributed by atoms with Crippen molar-refractivity contribution in [1.82, 2.24) is 4.31 Å². The van der Waals surface area contributed by atoms with E-state index in [1.54, 1.807) is 24.3 Å². The van der Waals surface area contributed by atoms with Gasteiger partial charge in [0.25, 0.3) is 0 Å². The molecule has 2 aromatic carbocycles. The number of ether oxygens (including phenoxy) is 1. The molecule has 1 aliphatic rings. The van der Waals surface area contributed by atoms with Crippen LogP contribution < -0.4 is 5.32 Å². The zero-order chi connectivity index (χ0) is 22.3. The summed E-state index contributed by atoms with van der Waals surface area (Å²) in [5, 5.41) is 2.77. The lowest BCUT2D eigenvalue weighted by atomic mass is 9.98. The van der Waals surface area contributed by atoms with Crippen LogP contribution in [0.15, 0.2) is 54.6 Å². The number of carbonyl (C=O) groups is 2. The van der Waals surface area contributed by atoms with Gasteiger partial charge in [0.15, 0.2) is 0 Å². The number of hydrogen-bond acceptors (Lipinski definition) is 5. The maximum absolute atomic E-state index is 12.8. The Kier molecular flexibility index (Phi) is 7.81. The molecule has 3 rings (SSSR count). The lowest BCUT2D eigenvalue weighted by Crippen LogP contribution is -2.44. The van der Waals surface area contributed by atoms with Crippen LogP contribution in [0.2, 0.25) is 0 Å². The standard InChI is InChI=1S/C23H28N2O5S/c1-30-23(27)20-13-5-6-14-21(20)24-22(26)19-12-7-15-25(17-19)31(28,29)16-8-11-18-9-3-2-4-10-18/h2-6,9-10,13-14,19H,7-8,11-12,15-17H2,1H3,(H,24,26)/t19-/m0/s1. The summed E-state index contributed by atoms with van der Waals surface area (Å²) in [5.74, 6) is -1.24. The molecule has 2 aromatic rings. The highest BCUT2D eigenvalue weighted by atomic mass is 32.2. The molecule has 7 nitrogen and oxygen atoms in total. The Bertz CT molecular complexity index is 1010. The summed E-state index contributed by atoms with van der Waals surface area (Å²) in [6.45, 7) is 0.579. The smallest absolute Gasteiger partial charge is 0.339 e. The van der Waals surface area contributed by atoms with Gasteiger partial charge in [-0.3, -0.25) is 4.79 Å². The molecule has 0 spiro atoms. The van der Waals surface area contributed by atoms with E-state index in [-0.39, 0.29) is 23.8 Å². The fourth-order valence-corrected chi connectivity index (χ4v) is 5.34. The second-order valence-electron chi connectivity index (χ2n) is 7.63. The van der Waals surface area contributed by atoms with Gasteiger partial charge in [-0.05, 0) is 43.4 Å². The summed E-state index contributed by atoms with van der Waals surface area (Å²) < 4.78 is 31.8.